The highest BCUT2D eigenvalue weighted by Crippen LogP contribution is 2.36. The Morgan fingerprint density at radius 1 is 1.39 bits per heavy atom. The van der Waals surface area contributed by atoms with Crippen LogP contribution in [0, 0.1) is 6.92 Å². The van der Waals surface area contributed by atoms with Crippen molar-refractivity contribution in [2.45, 2.75) is 37.2 Å². The van der Waals surface area contributed by atoms with Crippen LogP contribution < -0.4 is 10.9 Å². The van der Waals surface area contributed by atoms with E-state index in [1.54, 1.807) is 17.8 Å². The van der Waals surface area contributed by atoms with Crippen molar-refractivity contribution in [1.82, 2.24) is 14.9 Å². The third-order valence-corrected chi connectivity index (χ3v) is 7.16. The number of nitrogens with zero attached hydrogens (tertiary/aromatic N) is 2. The van der Waals surface area contributed by atoms with Crippen LogP contribution in [0.1, 0.15) is 18.9 Å². The number of thiophene rings is 1. The molecule has 0 aliphatic heterocycles. The van der Waals surface area contributed by atoms with Crippen molar-refractivity contribution in [2.24, 2.45) is 0 Å². The lowest BCUT2D eigenvalue weighted by molar-refractivity contribution is -0.120. The summed E-state index contributed by atoms with van der Waals surface area (Å²) in [6, 6.07) is 10.0. The number of allylic oxidation sites excluding steroid dienone is 1. The van der Waals surface area contributed by atoms with E-state index in [1.807, 2.05) is 44.2 Å². The topological polar surface area (TPSA) is 73.2 Å². The molecule has 1 atom stereocenters. The molecule has 1 aromatic carbocycles. The maximum absolute atomic E-state index is 13.4. The van der Waals surface area contributed by atoms with E-state index in [4.69, 9.17) is 9.72 Å². The molecule has 1 N–H and O–H groups in total. The second-order valence-electron chi connectivity index (χ2n) is 7.10. The summed E-state index contributed by atoms with van der Waals surface area (Å²) in [6.45, 7) is 9.05. The van der Waals surface area contributed by atoms with Crippen LogP contribution in [0.25, 0.3) is 20.7 Å². The molecule has 0 aliphatic rings. The van der Waals surface area contributed by atoms with Crippen LogP contribution in [-0.2, 0) is 16.1 Å². The first kappa shape index (κ1) is 23.2. The monoisotopic (exact) mass is 457 g/mol. The van der Waals surface area contributed by atoms with E-state index in [9.17, 15) is 9.59 Å². The maximum Gasteiger partial charge on any atom is 0.263 e. The number of thioether (sulfide) groups is 1. The van der Waals surface area contributed by atoms with Gasteiger partial charge in [-0.1, -0.05) is 48.2 Å². The van der Waals surface area contributed by atoms with Crippen LogP contribution >= 0.6 is 23.1 Å². The summed E-state index contributed by atoms with van der Waals surface area (Å²) in [5.41, 5.74) is 1.90. The Morgan fingerprint density at radius 3 is 2.81 bits per heavy atom. The first-order valence-corrected chi connectivity index (χ1v) is 11.8. The van der Waals surface area contributed by atoms with E-state index in [0.717, 1.165) is 22.4 Å². The predicted octanol–water partition coefficient (Wildman–Crippen LogP) is 4.25. The number of fused-ring (bicyclic) bond motifs is 1. The summed E-state index contributed by atoms with van der Waals surface area (Å²) in [5.74, 6) is -0.0899. The van der Waals surface area contributed by atoms with Crippen molar-refractivity contribution in [3.8, 4) is 10.4 Å². The number of carbonyl (C=O) groups is 1. The minimum absolute atomic E-state index is 0.0899. The Kier molecular flexibility index (Phi) is 8.06. The molecule has 0 bridgehead atoms. The standard InChI is InChI=1S/C23H27N3O3S2/c1-5-13-26-22(28)18-15(2)19(17-10-7-6-8-11-17)31-21(18)25-23(26)30-16(3)20(27)24-12-9-14-29-4/h5-8,10-11,16H,1,9,12-14H2,2-4H3,(H,24,27). The van der Waals surface area contributed by atoms with E-state index in [-0.39, 0.29) is 11.5 Å². The van der Waals surface area contributed by atoms with Crippen LogP contribution in [0.5, 0.6) is 0 Å². The predicted molar refractivity (Wildman–Crippen MR) is 129 cm³/mol. The van der Waals surface area contributed by atoms with Crippen LogP contribution in [0.2, 0.25) is 0 Å². The summed E-state index contributed by atoms with van der Waals surface area (Å²) in [6.07, 6.45) is 2.43. The third-order valence-electron chi connectivity index (χ3n) is 4.84. The van der Waals surface area contributed by atoms with Crippen LogP contribution in [0.3, 0.4) is 0 Å². The van der Waals surface area contributed by atoms with Crippen molar-refractivity contribution >= 4 is 39.2 Å². The lowest BCUT2D eigenvalue weighted by Gasteiger charge is -2.15. The Labute approximate surface area is 190 Å². The summed E-state index contributed by atoms with van der Waals surface area (Å²) in [4.78, 5) is 32.3. The summed E-state index contributed by atoms with van der Waals surface area (Å²) < 4.78 is 6.61. The van der Waals surface area contributed by atoms with Gasteiger partial charge in [-0.3, -0.25) is 14.2 Å². The molecule has 3 aromatic rings. The number of aryl methyl sites for hydroxylation is 1. The summed E-state index contributed by atoms with van der Waals surface area (Å²) in [7, 11) is 1.64. The van der Waals surface area contributed by atoms with Gasteiger partial charge in [-0.2, -0.15) is 0 Å². The van der Waals surface area contributed by atoms with E-state index in [1.165, 1.54) is 23.1 Å². The molecule has 0 fully saturated rings. The average molecular weight is 458 g/mol. The normalized spacial score (nSPS) is 12.1. The molecule has 1 amide bonds. The lowest BCUT2D eigenvalue weighted by Crippen LogP contribution is -2.33. The zero-order chi connectivity index (χ0) is 22.4. The molecule has 0 saturated heterocycles. The fraction of sp³-hybridized carbons (Fsp3) is 0.348. The SMILES string of the molecule is C=CCn1c(SC(C)C(=O)NCCCOC)nc2sc(-c3ccccc3)c(C)c2c1=O. The van der Waals surface area contributed by atoms with Gasteiger partial charge in [-0.05, 0) is 31.4 Å². The highest BCUT2D eigenvalue weighted by atomic mass is 32.2. The Balaban J connectivity index is 1.95. The van der Waals surface area contributed by atoms with Gasteiger partial charge in [0.2, 0.25) is 5.91 Å². The molecule has 6 nitrogen and oxygen atoms in total. The van der Waals surface area contributed by atoms with Crippen LogP contribution in [0.15, 0.2) is 52.9 Å². The first-order chi connectivity index (χ1) is 15.0. The van der Waals surface area contributed by atoms with Crippen molar-refractivity contribution in [2.75, 3.05) is 20.3 Å². The minimum Gasteiger partial charge on any atom is -0.385 e. The molecular formula is C23H27N3O3S2. The fourth-order valence-electron chi connectivity index (χ4n) is 3.23. The number of carbonyl (C=O) groups excluding carboxylic acids is 1. The zero-order valence-corrected chi connectivity index (χ0v) is 19.6. The lowest BCUT2D eigenvalue weighted by atomic mass is 10.1. The van der Waals surface area contributed by atoms with Gasteiger partial charge in [0.15, 0.2) is 5.16 Å². The van der Waals surface area contributed by atoms with E-state index in [2.05, 4.69) is 11.9 Å². The largest absolute Gasteiger partial charge is 0.385 e. The first-order valence-electron chi connectivity index (χ1n) is 10.1. The number of hydrogen-bond donors (Lipinski definition) is 1. The third kappa shape index (κ3) is 5.26. The number of benzene rings is 1. The molecule has 8 heteroatoms. The number of hydrogen-bond acceptors (Lipinski definition) is 6. The number of methoxy groups -OCH3 is 1. The van der Waals surface area contributed by atoms with Crippen molar-refractivity contribution < 1.29 is 9.53 Å². The highest BCUT2D eigenvalue weighted by Gasteiger charge is 2.22. The fourth-order valence-corrected chi connectivity index (χ4v) is 5.40. The Morgan fingerprint density at radius 2 is 2.13 bits per heavy atom. The minimum atomic E-state index is -0.391. The molecule has 0 radical (unpaired) electrons. The molecule has 2 heterocycles. The molecule has 0 saturated carbocycles. The number of aromatic nitrogens is 2. The van der Waals surface area contributed by atoms with Gasteiger partial charge >= 0.3 is 0 Å². The van der Waals surface area contributed by atoms with Crippen molar-refractivity contribution in [1.29, 1.82) is 0 Å². The quantitative estimate of drug-likeness (QED) is 0.213. The van der Waals surface area contributed by atoms with Gasteiger partial charge in [-0.25, -0.2) is 4.98 Å². The number of nitrogens with one attached hydrogen (secondary N) is 1. The van der Waals surface area contributed by atoms with Crippen molar-refractivity contribution in [3.05, 3.63) is 58.9 Å². The second kappa shape index (κ2) is 10.7. The van der Waals surface area contributed by atoms with Gasteiger partial charge in [0.25, 0.3) is 5.56 Å². The van der Waals surface area contributed by atoms with E-state index < -0.39 is 5.25 Å². The zero-order valence-electron chi connectivity index (χ0n) is 18.0. The molecule has 0 spiro atoms. The molecule has 1 unspecified atom stereocenters. The summed E-state index contributed by atoms with van der Waals surface area (Å²) in [5, 5.41) is 3.67. The van der Waals surface area contributed by atoms with Crippen LogP contribution in [0.4, 0.5) is 0 Å². The van der Waals surface area contributed by atoms with Gasteiger partial charge in [0.1, 0.15) is 4.83 Å². The van der Waals surface area contributed by atoms with E-state index >= 15 is 0 Å². The summed E-state index contributed by atoms with van der Waals surface area (Å²) >= 11 is 2.80. The highest BCUT2D eigenvalue weighted by molar-refractivity contribution is 8.00. The average Bonchev–Trinajstić information content (AvgIpc) is 3.10. The molecule has 164 valence electrons. The maximum atomic E-state index is 13.4. The molecule has 0 aliphatic carbocycles. The molecular weight excluding hydrogens is 430 g/mol. The smallest absolute Gasteiger partial charge is 0.263 e. The number of rotatable bonds is 10. The van der Waals surface area contributed by atoms with Crippen molar-refractivity contribution in [3.63, 3.8) is 0 Å². The van der Waals surface area contributed by atoms with Gasteiger partial charge in [0, 0.05) is 31.7 Å². The van der Waals surface area contributed by atoms with Gasteiger partial charge in [-0.15, -0.1) is 17.9 Å². The Bertz CT molecular complexity index is 1120. The second-order valence-corrected chi connectivity index (χ2v) is 9.41. The van der Waals surface area contributed by atoms with E-state index in [0.29, 0.717) is 35.1 Å². The Hall–Kier alpha value is -2.42. The van der Waals surface area contributed by atoms with Gasteiger partial charge in [0.05, 0.1) is 10.6 Å². The van der Waals surface area contributed by atoms with Crippen LogP contribution in [-0.4, -0.2) is 41.0 Å². The molecule has 3 rings (SSSR count). The molecule has 2 aromatic heterocycles. The number of amides is 1. The number of ether oxygens (including phenoxy) is 1. The molecule has 31 heavy (non-hydrogen) atoms. The van der Waals surface area contributed by atoms with Gasteiger partial charge < -0.3 is 10.1 Å².